The van der Waals surface area contributed by atoms with Gasteiger partial charge in [0, 0.05) is 17.2 Å². The van der Waals surface area contributed by atoms with Gasteiger partial charge in [0.1, 0.15) is 0 Å². The minimum atomic E-state index is -1.28. The molecule has 0 saturated carbocycles. The molecule has 0 fully saturated rings. The molecule has 1 aromatic carbocycles. The molecular weight excluding hydrogens is 226 g/mol. The maximum atomic E-state index is 10.9. The lowest BCUT2D eigenvalue weighted by Gasteiger charge is -2.02. The molecule has 1 aromatic rings. The van der Waals surface area contributed by atoms with Crippen LogP contribution < -0.4 is 0 Å². The Bertz CT molecular complexity index is 530. The minimum Gasteiger partial charge on any atom is -0.478 e. The Balaban J connectivity index is 3.52. The summed E-state index contributed by atoms with van der Waals surface area (Å²) in [6, 6.07) is 2.33. The number of rotatable bonds is 2. The van der Waals surface area contributed by atoms with Crippen molar-refractivity contribution < 1.29 is 19.6 Å². The molecular formula is C11H7NO5. The number of aldehydes is 1. The van der Waals surface area contributed by atoms with Crippen LogP contribution in [-0.4, -0.2) is 22.3 Å². The monoisotopic (exact) mass is 233 g/mol. The third kappa shape index (κ3) is 2.66. The molecule has 0 aliphatic heterocycles. The van der Waals surface area contributed by atoms with Gasteiger partial charge in [0.15, 0.2) is 6.29 Å². The van der Waals surface area contributed by atoms with Crippen molar-refractivity contribution in [2.75, 3.05) is 0 Å². The Kier molecular flexibility index (Phi) is 3.57. The number of nitrogens with zero attached hydrogens (tertiary/aromatic N) is 1. The molecule has 0 heterocycles. The van der Waals surface area contributed by atoms with Crippen molar-refractivity contribution >= 4 is 17.9 Å². The van der Waals surface area contributed by atoms with E-state index in [0.717, 1.165) is 6.07 Å². The fraction of sp³-hybridized carbons (Fsp3) is 0.0909. The number of carboxylic acids is 1. The van der Waals surface area contributed by atoms with Gasteiger partial charge < -0.3 is 5.11 Å². The molecule has 1 N–H and O–H groups in total. The first kappa shape index (κ1) is 12.4. The van der Waals surface area contributed by atoms with Crippen molar-refractivity contribution in [1.29, 1.82) is 0 Å². The van der Waals surface area contributed by atoms with E-state index < -0.39 is 10.9 Å². The van der Waals surface area contributed by atoms with Gasteiger partial charge in [-0.05, 0) is 18.9 Å². The van der Waals surface area contributed by atoms with Crippen molar-refractivity contribution in [3.05, 3.63) is 38.9 Å². The molecule has 0 saturated heterocycles. The standard InChI is InChI=1S/C11H7NO5/c1-7-9(11(14)15)5-8(3-2-4-13)6-10(7)12(16)17/h4-6H,1H3,(H,14,15). The summed E-state index contributed by atoms with van der Waals surface area (Å²) in [5, 5.41) is 19.6. The van der Waals surface area contributed by atoms with Crippen LogP contribution >= 0.6 is 0 Å². The molecule has 0 aromatic heterocycles. The van der Waals surface area contributed by atoms with E-state index in [9.17, 15) is 19.7 Å². The second kappa shape index (κ2) is 4.90. The number of nitro benzene ring substituents is 1. The highest BCUT2D eigenvalue weighted by Crippen LogP contribution is 2.23. The highest BCUT2D eigenvalue weighted by atomic mass is 16.6. The smallest absolute Gasteiger partial charge is 0.336 e. The van der Waals surface area contributed by atoms with E-state index in [4.69, 9.17) is 5.11 Å². The number of hydrogen-bond donors (Lipinski definition) is 1. The third-order valence-corrected chi connectivity index (χ3v) is 2.08. The zero-order chi connectivity index (χ0) is 13.0. The predicted molar refractivity (Wildman–Crippen MR) is 57.7 cm³/mol. The second-order valence-electron chi connectivity index (χ2n) is 3.12. The molecule has 0 aliphatic carbocycles. The molecule has 6 nitrogen and oxygen atoms in total. The highest BCUT2D eigenvalue weighted by molar-refractivity contribution is 5.91. The zero-order valence-corrected chi connectivity index (χ0v) is 8.76. The quantitative estimate of drug-likeness (QED) is 0.357. The van der Waals surface area contributed by atoms with Crippen molar-refractivity contribution in [1.82, 2.24) is 0 Å². The van der Waals surface area contributed by atoms with Gasteiger partial charge >= 0.3 is 5.97 Å². The van der Waals surface area contributed by atoms with E-state index in [-0.39, 0.29) is 22.4 Å². The first-order chi connectivity index (χ1) is 7.97. The Morgan fingerprint density at radius 1 is 1.53 bits per heavy atom. The lowest BCUT2D eigenvalue weighted by Crippen LogP contribution is -2.04. The van der Waals surface area contributed by atoms with Crippen molar-refractivity contribution in [3.63, 3.8) is 0 Å². The Morgan fingerprint density at radius 2 is 2.18 bits per heavy atom. The van der Waals surface area contributed by atoms with Crippen molar-refractivity contribution in [3.8, 4) is 11.8 Å². The van der Waals surface area contributed by atoms with E-state index in [0.29, 0.717) is 6.29 Å². The number of aromatic carboxylic acids is 1. The van der Waals surface area contributed by atoms with Crippen LogP contribution in [0.5, 0.6) is 0 Å². The lowest BCUT2D eigenvalue weighted by atomic mass is 10.0. The minimum absolute atomic E-state index is 0.0548. The maximum absolute atomic E-state index is 10.9. The van der Waals surface area contributed by atoms with E-state index in [1.807, 2.05) is 0 Å². The number of carboxylic acid groups (broad SMARTS) is 1. The second-order valence-corrected chi connectivity index (χ2v) is 3.12. The normalized spacial score (nSPS) is 9.00. The number of hydrogen-bond acceptors (Lipinski definition) is 4. The molecule has 0 atom stereocenters. The first-order valence-corrected chi connectivity index (χ1v) is 4.45. The van der Waals surface area contributed by atoms with Gasteiger partial charge in [-0.3, -0.25) is 14.9 Å². The molecule has 0 radical (unpaired) electrons. The maximum Gasteiger partial charge on any atom is 0.336 e. The van der Waals surface area contributed by atoms with Crippen LogP contribution in [0.3, 0.4) is 0 Å². The molecule has 0 amide bonds. The van der Waals surface area contributed by atoms with E-state index >= 15 is 0 Å². The van der Waals surface area contributed by atoms with Gasteiger partial charge in [-0.1, -0.05) is 5.92 Å². The van der Waals surface area contributed by atoms with Crippen LogP contribution in [0.2, 0.25) is 0 Å². The highest BCUT2D eigenvalue weighted by Gasteiger charge is 2.19. The molecule has 0 spiro atoms. The van der Waals surface area contributed by atoms with Crippen LogP contribution in [0.25, 0.3) is 0 Å². The number of carbonyl (C=O) groups is 2. The molecule has 6 heteroatoms. The van der Waals surface area contributed by atoms with Gasteiger partial charge in [0.25, 0.3) is 5.69 Å². The van der Waals surface area contributed by atoms with Gasteiger partial charge in [0.2, 0.25) is 0 Å². The van der Waals surface area contributed by atoms with Crippen LogP contribution in [-0.2, 0) is 4.79 Å². The first-order valence-electron chi connectivity index (χ1n) is 4.45. The average Bonchev–Trinajstić information content (AvgIpc) is 2.26. The molecule has 17 heavy (non-hydrogen) atoms. The van der Waals surface area contributed by atoms with E-state index in [1.54, 1.807) is 0 Å². The largest absolute Gasteiger partial charge is 0.478 e. The summed E-state index contributed by atoms with van der Waals surface area (Å²) < 4.78 is 0. The topological polar surface area (TPSA) is 97.5 Å². The molecule has 0 aliphatic rings. The van der Waals surface area contributed by atoms with Gasteiger partial charge in [0.05, 0.1) is 10.5 Å². The molecule has 86 valence electrons. The van der Waals surface area contributed by atoms with Crippen LogP contribution in [0.1, 0.15) is 21.5 Å². The van der Waals surface area contributed by atoms with Gasteiger partial charge in [-0.2, -0.15) is 0 Å². The SMILES string of the molecule is Cc1c(C(=O)O)cc(C#CC=O)cc1[N+](=O)[O-]. The summed E-state index contributed by atoms with van der Waals surface area (Å²) in [5.41, 5.74) is -0.361. The average molecular weight is 233 g/mol. The van der Waals surface area contributed by atoms with Crippen molar-refractivity contribution in [2.24, 2.45) is 0 Å². The van der Waals surface area contributed by atoms with E-state index in [2.05, 4.69) is 11.8 Å². The number of carbonyl (C=O) groups excluding carboxylic acids is 1. The predicted octanol–water partition coefficient (Wildman–Crippen LogP) is 1.15. The zero-order valence-electron chi connectivity index (χ0n) is 8.76. The third-order valence-electron chi connectivity index (χ3n) is 2.08. The molecule has 0 unspecified atom stereocenters. The summed E-state index contributed by atoms with van der Waals surface area (Å²) >= 11 is 0. The van der Waals surface area contributed by atoms with Crippen molar-refractivity contribution in [2.45, 2.75) is 6.92 Å². The summed E-state index contributed by atoms with van der Waals surface area (Å²) in [6.07, 6.45) is 0.326. The van der Waals surface area contributed by atoms with E-state index in [1.165, 1.54) is 13.0 Å². The summed E-state index contributed by atoms with van der Waals surface area (Å²) in [6.45, 7) is 1.35. The fourth-order valence-electron chi connectivity index (χ4n) is 1.30. The van der Waals surface area contributed by atoms with Crippen LogP contribution in [0.15, 0.2) is 12.1 Å². The molecule has 0 bridgehead atoms. The van der Waals surface area contributed by atoms with Crippen LogP contribution in [0.4, 0.5) is 5.69 Å². The number of benzene rings is 1. The van der Waals surface area contributed by atoms with Crippen LogP contribution in [0, 0.1) is 28.9 Å². The number of nitro groups is 1. The Hall–Kier alpha value is -2.68. The van der Waals surface area contributed by atoms with Gasteiger partial charge in [-0.25, -0.2) is 4.79 Å². The van der Waals surface area contributed by atoms with Gasteiger partial charge in [-0.15, -0.1) is 0 Å². The Morgan fingerprint density at radius 3 is 2.65 bits per heavy atom. The molecule has 1 rings (SSSR count). The lowest BCUT2D eigenvalue weighted by molar-refractivity contribution is -0.385. The summed E-state index contributed by atoms with van der Waals surface area (Å²) in [4.78, 5) is 31.0. The fourth-order valence-corrected chi connectivity index (χ4v) is 1.30. The summed E-state index contributed by atoms with van der Waals surface area (Å²) in [7, 11) is 0. The summed E-state index contributed by atoms with van der Waals surface area (Å²) in [5.74, 6) is 3.12. The Labute approximate surface area is 96.0 Å².